The summed E-state index contributed by atoms with van der Waals surface area (Å²) in [6.45, 7) is 6.81. The maximum absolute atomic E-state index is 14.4. The monoisotopic (exact) mass is 414 g/mol. The van der Waals surface area contributed by atoms with E-state index in [1.165, 1.54) is 6.07 Å². The van der Waals surface area contributed by atoms with Crippen LogP contribution < -0.4 is 9.47 Å². The molecule has 8 heteroatoms. The molecule has 29 heavy (non-hydrogen) atoms. The number of hydrogen-bond donors (Lipinski definition) is 1. The second-order valence-electron chi connectivity index (χ2n) is 6.83. The van der Waals surface area contributed by atoms with Crippen LogP contribution in [0.2, 0.25) is 0 Å². The van der Waals surface area contributed by atoms with Gasteiger partial charge in [0, 0.05) is 11.6 Å². The van der Waals surface area contributed by atoms with E-state index in [1.54, 1.807) is 33.6 Å². The summed E-state index contributed by atoms with van der Waals surface area (Å²) < 4.78 is 80.6. The molecule has 1 N–H and O–H groups in total. The fraction of sp³-hybridized carbons (Fsp3) is 0.333. The highest BCUT2D eigenvalue weighted by Crippen LogP contribution is 2.39. The van der Waals surface area contributed by atoms with E-state index in [0.29, 0.717) is 0 Å². The third-order valence-corrected chi connectivity index (χ3v) is 3.82. The predicted molar refractivity (Wildman–Crippen MR) is 96.0 cm³/mol. The largest absolute Gasteiger partial charge is 0.491 e. The van der Waals surface area contributed by atoms with Crippen LogP contribution in [0.5, 0.6) is 11.5 Å². The Morgan fingerprint density at radius 1 is 0.793 bits per heavy atom. The van der Waals surface area contributed by atoms with Crippen LogP contribution in [0.25, 0.3) is 0 Å². The molecular weight excluding hydrogens is 395 g/mol. The molecule has 3 nitrogen and oxygen atoms in total. The number of benzene rings is 2. The lowest BCUT2D eigenvalue weighted by Crippen LogP contribution is -2.30. The summed E-state index contributed by atoms with van der Waals surface area (Å²) in [6, 6.07) is 3.73. The Balaban J connectivity index is 2.81. The van der Waals surface area contributed by atoms with E-state index in [1.807, 2.05) is 0 Å². The molecule has 0 saturated carbocycles. The maximum atomic E-state index is 14.4. The van der Waals surface area contributed by atoms with E-state index >= 15 is 0 Å². The quantitative estimate of drug-likeness (QED) is 0.319. The van der Waals surface area contributed by atoms with E-state index < -0.39 is 40.3 Å². The number of terminal acetylenes is 1. The molecule has 0 aliphatic heterocycles. The number of hydrogen-bond acceptors (Lipinski definition) is 3. The Morgan fingerprint density at radius 3 is 1.52 bits per heavy atom. The van der Waals surface area contributed by atoms with Gasteiger partial charge in [-0.1, -0.05) is 5.92 Å². The highest BCUT2D eigenvalue weighted by molar-refractivity contribution is 5.51. The molecule has 2 rings (SSSR count). The minimum absolute atomic E-state index is 0.116. The number of halogens is 5. The fourth-order valence-electron chi connectivity index (χ4n) is 2.68. The van der Waals surface area contributed by atoms with Crippen LogP contribution in [-0.2, 0) is 5.60 Å². The molecule has 0 radical (unpaired) electrons. The Morgan fingerprint density at radius 2 is 1.17 bits per heavy atom. The predicted octanol–water partition coefficient (Wildman–Crippen LogP) is 4.83. The smallest absolute Gasteiger partial charge is 0.200 e. The molecule has 0 bridgehead atoms. The molecule has 2 aromatic rings. The third-order valence-electron chi connectivity index (χ3n) is 3.82. The second-order valence-corrected chi connectivity index (χ2v) is 6.83. The molecule has 156 valence electrons. The minimum atomic E-state index is -2.99. The summed E-state index contributed by atoms with van der Waals surface area (Å²) >= 11 is 0. The first-order valence-corrected chi connectivity index (χ1v) is 8.63. The van der Waals surface area contributed by atoms with Gasteiger partial charge in [-0.15, -0.1) is 6.42 Å². The average molecular weight is 414 g/mol. The molecule has 0 saturated heterocycles. The van der Waals surface area contributed by atoms with Crippen LogP contribution in [0, 0.1) is 41.4 Å². The molecule has 0 aliphatic carbocycles. The van der Waals surface area contributed by atoms with Crippen molar-refractivity contribution < 1.29 is 36.5 Å². The van der Waals surface area contributed by atoms with Crippen LogP contribution in [0.15, 0.2) is 18.2 Å². The van der Waals surface area contributed by atoms with Gasteiger partial charge in [-0.25, -0.2) is 22.0 Å². The Bertz CT molecular complexity index is 909. The zero-order valence-corrected chi connectivity index (χ0v) is 16.1. The summed E-state index contributed by atoms with van der Waals surface area (Å²) in [5.74, 6) is -9.30. The highest BCUT2D eigenvalue weighted by atomic mass is 19.2. The van der Waals surface area contributed by atoms with Gasteiger partial charge in [0.05, 0.1) is 17.8 Å². The molecule has 1 atom stereocenters. The summed E-state index contributed by atoms with van der Waals surface area (Å²) in [5.41, 5.74) is -4.92. The van der Waals surface area contributed by atoms with Gasteiger partial charge in [0.2, 0.25) is 5.82 Å². The van der Waals surface area contributed by atoms with Crippen molar-refractivity contribution in [3.63, 3.8) is 0 Å². The molecule has 0 aromatic heterocycles. The standard InChI is InChI=1S/C21H19F5O3/c1-6-21(27,15-16(22)18(24)20(26)19(25)17(15)23)12-7-13(28-10(2)3)9-14(8-12)29-11(4)5/h1,7-11,27H,2-5H3. The molecule has 1 unspecified atom stereocenters. The van der Waals surface area contributed by atoms with Gasteiger partial charge in [0.15, 0.2) is 28.9 Å². The molecule has 0 aliphatic rings. The Hall–Kier alpha value is -2.79. The molecule has 0 amide bonds. The van der Waals surface area contributed by atoms with E-state index in [4.69, 9.17) is 15.9 Å². The van der Waals surface area contributed by atoms with Crippen LogP contribution in [0.1, 0.15) is 38.8 Å². The van der Waals surface area contributed by atoms with Gasteiger partial charge in [-0.05, 0) is 39.8 Å². The minimum Gasteiger partial charge on any atom is -0.491 e. The highest BCUT2D eigenvalue weighted by Gasteiger charge is 2.41. The first-order valence-electron chi connectivity index (χ1n) is 8.63. The van der Waals surface area contributed by atoms with Gasteiger partial charge in [0.1, 0.15) is 11.5 Å². The zero-order valence-electron chi connectivity index (χ0n) is 16.1. The van der Waals surface area contributed by atoms with Gasteiger partial charge in [0.25, 0.3) is 0 Å². The van der Waals surface area contributed by atoms with E-state index in [9.17, 15) is 27.1 Å². The van der Waals surface area contributed by atoms with Crippen molar-refractivity contribution in [2.45, 2.75) is 45.5 Å². The SMILES string of the molecule is C#CC(O)(c1cc(OC(C)C)cc(OC(C)C)c1)c1c(F)c(F)c(F)c(F)c1F. The molecule has 0 spiro atoms. The molecule has 0 heterocycles. The van der Waals surface area contributed by atoms with Gasteiger partial charge >= 0.3 is 0 Å². The van der Waals surface area contributed by atoms with Crippen molar-refractivity contribution in [2.24, 2.45) is 0 Å². The lowest BCUT2D eigenvalue weighted by atomic mass is 9.85. The number of ether oxygens (including phenoxy) is 2. The van der Waals surface area contributed by atoms with Crippen molar-refractivity contribution in [1.82, 2.24) is 0 Å². The summed E-state index contributed by atoms with van der Waals surface area (Å²) in [4.78, 5) is 0. The van der Waals surface area contributed by atoms with Gasteiger partial charge in [-0.3, -0.25) is 0 Å². The van der Waals surface area contributed by atoms with Gasteiger partial charge < -0.3 is 14.6 Å². The van der Waals surface area contributed by atoms with E-state index in [2.05, 4.69) is 0 Å². The topological polar surface area (TPSA) is 38.7 Å². The molecule has 2 aromatic carbocycles. The zero-order chi connectivity index (χ0) is 22.1. The van der Waals surface area contributed by atoms with Crippen molar-refractivity contribution in [2.75, 3.05) is 0 Å². The first-order chi connectivity index (χ1) is 13.4. The van der Waals surface area contributed by atoms with E-state index in [0.717, 1.165) is 12.1 Å². The molecule has 0 fully saturated rings. The summed E-state index contributed by atoms with van der Waals surface area (Å²) in [5, 5.41) is 10.9. The Labute approximate surface area is 165 Å². The number of rotatable bonds is 6. The van der Waals surface area contributed by atoms with Crippen molar-refractivity contribution in [3.05, 3.63) is 58.4 Å². The lowest BCUT2D eigenvalue weighted by Gasteiger charge is -2.26. The summed E-state index contributed by atoms with van der Waals surface area (Å²) in [7, 11) is 0. The third kappa shape index (κ3) is 4.30. The lowest BCUT2D eigenvalue weighted by molar-refractivity contribution is 0.130. The van der Waals surface area contributed by atoms with Crippen molar-refractivity contribution in [3.8, 4) is 23.8 Å². The Kier molecular flexibility index (Phi) is 6.43. The summed E-state index contributed by atoms with van der Waals surface area (Å²) in [6.07, 6.45) is 4.64. The van der Waals surface area contributed by atoms with Crippen LogP contribution >= 0.6 is 0 Å². The maximum Gasteiger partial charge on any atom is 0.200 e. The van der Waals surface area contributed by atoms with Crippen LogP contribution in [0.3, 0.4) is 0 Å². The molecular formula is C21H19F5O3. The fourth-order valence-corrected chi connectivity index (χ4v) is 2.68. The van der Waals surface area contributed by atoms with Crippen molar-refractivity contribution in [1.29, 1.82) is 0 Å². The van der Waals surface area contributed by atoms with Crippen LogP contribution in [-0.4, -0.2) is 17.3 Å². The van der Waals surface area contributed by atoms with Gasteiger partial charge in [-0.2, -0.15) is 0 Å². The van der Waals surface area contributed by atoms with E-state index in [-0.39, 0.29) is 29.3 Å². The second kappa shape index (κ2) is 8.29. The number of aliphatic hydroxyl groups is 1. The normalized spacial score (nSPS) is 13.3. The first kappa shape index (κ1) is 22.5. The van der Waals surface area contributed by atoms with Crippen LogP contribution in [0.4, 0.5) is 22.0 Å². The van der Waals surface area contributed by atoms with Crippen molar-refractivity contribution >= 4 is 0 Å². The average Bonchev–Trinajstić information content (AvgIpc) is 2.63.